The molecule has 0 bridgehead atoms. The zero-order chi connectivity index (χ0) is 14.6. The van der Waals surface area contributed by atoms with Gasteiger partial charge in [0.05, 0.1) is 14.2 Å². The molecule has 1 aliphatic rings. The van der Waals surface area contributed by atoms with Crippen LogP contribution in [0.3, 0.4) is 0 Å². The number of ether oxygens (including phenoxy) is 2. The highest BCUT2D eigenvalue weighted by Gasteiger charge is 2.32. The van der Waals surface area contributed by atoms with E-state index in [0.717, 1.165) is 37.7 Å². The minimum absolute atomic E-state index is 0.394. The number of hydrogen-bond donors (Lipinski definition) is 1. The number of likely N-dealkylation sites (tertiary alicyclic amines) is 1. The van der Waals surface area contributed by atoms with Gasteiger partial charge >= 0.3 is 0 Å². The van der Waals surface area contributed by atoms with Crippen molar-refractivity contribution in [1.29, 1.82) is 0 Å². The summed E-state index contributed by atoms with van der Waals surface area (Å²) in [5, 5.41) is 3.30. The van der Waals surface area contributed by atoms with Crippen LogP contribution in [0.2, 0.25) is 0 Å². The lowest BCUT2D eigenvalue weighted by atomic mass is 9.90. The highest BCUT2D eigenvalue weighted by Crippen LogP contribution is 2.32. The Morgan fingerprint density at radius 2 is 2.00 bits per heavy atom. The number of benzene rings is 1. The van der Waals surface area contributed by atoms with E-state index in [9.17, 15) is 0 Å². The molecular formula is C16H26N2O2. The molecule has 1 aliphatic heterocycles. The van der Waals surface area contributed by atoms with E-state index in [4.69, 9.17) is 9.47 Å². The number of rotatable bonds is 6. The molecular weight excluding hydrogens is 252 g/mol. The summed E-state index contributed by atoms with van der Waals surface area (Å²) in [6.07, 6.45) is 1.25. The third-order valence-corrected chi connectivity index (χ3v) is 4.09. The third kappa shape index (κ3) is 3.44. The van der Waals surface area contributed by atoms with E-state index in [2.05, 4.69) is 29.3 Å². The van der Waals surface area contributed by atoms with E-state index >= 15 is 0 Å². The van der Waals surface area contributed by atoms with Crippen LogP contribution in [0, 0.1) is 5.41 Å². The molecule has 0 saturated carbocycles. The van der Waals surface area contributed by atoms with E-state index < -0.39 is 0 Å². The first-order chi connectivity index (χ1) is 9.60. The average Bonchev–Trinajstić information content (AvgIpc) is 2.80. The maximum Gasteiger partial charge on any atom is 0.161 e. The summed E-state index contributed by atoms with van der Waals surface area (Å²) in [6, 6.07) is 6.18. The predicted octanol–water partition coefficient (Wildman–Crippen LogP) is 2.14. The standard InChI is InChI=1S/C16H26N2O2/c1-16(11-17-2)7-8-18(12-16)10-13-5-6-14(19-3)15(9-13)20-4/h5-6,9,17H,7-8,10-12H2,1-4H3. The van der Waals surface area contributed by atoms with Crippen molar-refractivity contribution < 1.29 is 9.47 Å². The van der Waals surface area contributed by atoms with Crippen LogP contribution in [0.15, 0.2) is 18.2 Å². The molecule has 112 valence electrons. The van der Waals surface area contributed by atoms with Gasteiger partial charge in [-0.2, -0.15) is 0 Å². The Morgan fingerprint density at radius 3 is 2.65 bits per heavy atom. The van der Waals surface area contributed by atoms with Gasteiger partial charge in [-0.3, -0.25) is 4.90 Å². The van der Waals surface area contributed by atoms with Crippen LogP contribution in [0.4, 0.5) is 0 Å². The Kier molecular flexibility index (Phi) is 4.89. The molecule has 1 aromatic carbocycles. The normalized spacial score (nSPS) is 23.0. The first-order valence-electron chi connectivity index (χ1n) is 7.18. The summed E-state index contributed by atoms with van der Waals surface area (Å²) in [5.41, 5.74) is 1.67. The molecule has 20 heavy (non-hydrogen) atoms. The van der Waals surface area contributed by atoms with Crippen LogP contribution >= 0.6 is 0 Å². The lowest BCUT2D eigenvalue weighted by Gasteiger charge is -2.24. The van der Waals surface area contributed by atoms with Gasteiger partial charge in [0, 0.05) is 19.6 Å². The summed E-state index contributed by atoms with van der Waals surface area (Å²) in [7, 11) is 5.38. The fraction of sp³-hybridized carbons (Fsp3) is 0.625. The van der Waals surface area contributed by atoms with E-state index in [-0.39, 0.29) is 0 Å². The maximum absolute atomic E-state index is 5.37. The summed E-state index contributed by atoms with van der Waals surface area (Å²) >= 11 is 0. The predicted molar refractivity (Wildman–Crippen MR) is 81.5 cm³/mol. The Labute approximate surface area is 122 Å². The van der Waals surface area contributed by atoms with Crippen LogP contribution in [0.25, 0.3) is 0 Å². The molecule has 1 fully saturated rings. The van der Waals surface area contributed by atoms with Gasteiger partial charge in [0.1, 0.15) is 0 Å². The van der Waals surface area contributed by atoms with Crippen molar-refractivity contribution in [3.8, 4) is 11.5 Å². The number of nitrogens with one attached hydrogen (secondary N) is 1. The molecule has 1 atom stereocenters. The van der Waals surface area contributed by atoms with Gasteiger partial charge < -0.3 is 14.8 Å². The molecule has 0 radical (unpaired) electrons. The van der Waals surface area contributed by atoms with Crippen molar-refractivity contribution in [3.63, 3.8) is 0 Å². The summed E-state index contributed by atoms with van der Waals surface area (Å²) < 4.78 is 10.6. The fourth-order valence-electron chi connectivity index (χ4n) is 3.07. The summed E-state index contributed by atoms with van der Waals surface area (Å²) in [5.74, 6) is 1.60. The van der Waals surface area contributed by atoms with Crippen LogP contribution in [0.5, 0.6) is 11.5 Å². The maximum atomic E-state index is 5.37. The monoisotopic (exact) mass is 278 g/mol. The topological polar surface area (TPSA) is 33.7 Å². The lowest BCUT2D eigenvalue weighted by Crippen LogP contribution is -2.32. The van der Waals surface area contributed by atoms with Crippen molar-refractivity contribution >= 4 is 0 Å². The molecule has 0 aliphatic carbocycles. The largest absolute Gasteiger partial charge is 0.493 e. The smallest absolute Gasteiger partial charge is 0.161 e. The third-order valence-electron chi connectivity index (χ3n) is 4.09. The van der Waals surface area contributed by atoms with Gasteiger partial charge in [-0.1, -0.05) is 13.0 Å². The second-order valence-electron chi connectivity index (χ2n) is 5.99. The SMILES string of the molecule is CNCC1(C)CCN(Cc2ccc(OC)c(OC)c2)C1. The second kappa shape index (κ2) is 6.46. The lowest BCUT2D eigenvalue weighted by molar-refractivity contribution is 0.265. The molecule has 1 saturated heterocycles. The zero-order valence-corrected chi connectivity index (χ0v) is 13.0. The van der Waals surface area contributed by atoms with E-state index in [1.54, 1.807) is 14.2 Å². The van der Waals surface area contributed by atoms with Crippen molar-refractivity contribution in [2.24, 2.45) is 5.41 Å². The summed E-state index contributed by atoms with van der Waals surface area (Å²) in [4.78, 5) is 2.51. The van der Waals surface area contributed by atoms with Crippen LogP contribution in [-0.2, 0) is 6.54 Å². The van der Waals surface area contributed by atoms with Gasteiger partial charge in [0.25, 0.3) is 0 Å². The minimum Gasteiger partial charge on any atom is -0.493 e. The van der Waals surface area contributed by atoms with Crippen LogP contribution in [-0.4, -0.2) is 45.8 Å². The molecule has 4 nitrogen and oxygen atoms in total. The number of hydrogen-bond acceptors (Lipinski definition) is 4. The van der Waals surface area contributed by atoms with Crippen molar-refractivity contribution in [1.82, 2.24) is 10.2 Å². The molecule has 1 N–H and O–H groups in total. The first-order valence-corrected chi connectivity index (χ1v) is 7.18. The van der Waals surface area contributed by atoms with Gasteiger partial charge in [-0.15, -0.1) is 0 Å². The summed E-state index contributed by atoms with van der Waals surface area (Å²) in [6.45, 7) is 6.71. The van der Waals surface area contributed by atoms with Crippen molar-refractivity contribution in [2.75, 3.05) is 40.9 Å². The van der Waals surface area contributed by atoms with Crippen molar-refractivity contribution in [3.05, 3.63) is 23.8 Å². The first kappa shape index (κ1) is 15.1. The van der Waals surface area contributed by atoms with Gasteiger partial charge in [-0.05, 0) is 43.1 Å². The van der Waals surface area contributed by atoms with Crippen LogP contribution in [0.1, 0.15) is 18.9 Å². The molecule has 0 aromatic heterocycles. The Hall–Kier alpha value is -1.26. The van der Waals surface area contributed by atoms with Gasteiger partial charge in [0.15, 0.2) is 11.5 Å². The Balaban J connectivity index is 2.01. The Morgan fingerprint density at radius 1 is 1.25 bits per heavy atom. The minimum atomic E-state index is 0.394. The average molecular weight is 278 g/mol. The molecule has 2 rings (SSSR count). The molecule has 1 aromatic rings. The zero-order valence-electron chi connectivity index (χ0n) is 13.0. The van der Waals surface area contributed by atoms with Gasteiger partial charge in [-0.25, -0.2) is 0 Å². The highest BCUT2D eigenvalue weighted by atomic mass is 16.5. The highest BCUT2D eigenvalue weighted by molar-refractivity contribution is 5.42. The molecule has 0 amide bonds. The van der Waals surface area contributed by atoms with Crippen LogP contribution < -0.4 is 14.8 Å². The molecule has 0 spiro atoms. The molecule has 4 heteroatoms. The second-order valence-corrected chi connectivity index (χ2v) is 5.99. The number of nitrogens with zero attached hydrogens (tertiary/aromatic N) is 1. The van der Waals surface area contributed by atoms with Crippen molar-refractivity contribution in [2.45, 2.75) is 19.9 Å². The number of methoxy groups -OCH3 is 2. The quantitative estimate of drug-likeness (QED) is 0.864. The van der Waals surface area contributed by atoms with E-state index in [1.807, 2.05) is 13.1 Å². The van der Waals surface area contributed by atoms with E-state index in [0.29, 0.717) is 5.41 Å². The van der Waals surface area contributed by atoms with E-state index in [1.165, 1.54) is 12.0 Å². The molecule has 1 unspecified atom stereocenters. The Bertz CT molecular complexity index is 450. The van der Waals surface area contributed by atoms with Gasteiger partial charge in [0.2, 0.25) is 0 Å². The fourth-order valence-corrected chi connectivity index (χ4v) is 3.07. The molecule has 1 heterocycles.